The number of benzene rings is 2. The van der Waals surface area contributed by atoms with Crippen LogP contribution in [-0.4, -0.2) is 38.3 Å². The summed E-state index contributed by atoms with van der Waals surface area (Å²) in [5.41, 5.74) is 3.02. The fourth-order valence-corrected chi connectivity index (χ4v) is 4.29. The maximum Gasteiger partial charge on any atom is 0.297 e. The van der Waals surface area contributed by atoms with Crippen molar-refractivity contribution in [2.45, 2.75) is 26.8 Å². The molecule has 2 aromatic carbocycles. The molecule has 0 spiro atoms. The molecule has 176 valence electrons. The highest BCUT2D eigenvalue weighted by Crippen LogP contribution is 2.30. The first kappa shape index (κ1) is 22.3. The van der Waals surface area contributed by atoms with Crippen LogP contribution in [0.5, 0.6) is 0 Å². The third kappa shape index (κ3) is 3.63. The number of hydrogen-bond donors (Lipinski definition) is 0. The molecular formula is C27H24N4O4. The van der Waals surface area contributed by atoms with Crippen molar-refractivity contribution in [2.24, 2.45) is 12.0 Å². The van der Waals surface area contributed by atoms with Gasteiger partial charge in [-0.1, -0.05) is 24.3 Å². The summed E-state index contributed by atoms with van der Waals surface area (Å²) < 4.78 is 9.25. The van der Waals surface area contributed by atoms with Gasteiger partial charge in [-0.2, -0.15) is 0 Å². The molecule has 0 bridgehead atoms. The minimum Gasteiger partial charge on any atom is -0.455 e. The number of rotatable bonds is 5. The molecule has 35 heavy (non-hydrogen) atoms. The molecule has 1 aliphatic heterocycles. The largest absolute Gasteiger partial charge is 0.455 e. The summed E-state index contributed by atoms with van der Waals surface area (Å²) in [5, 5.41) is 0. The molecule has 3 heterocycles. The Morgan fingerprint density at radius 2 is 1.63 bits per heavy atom. The summed E-state index contributed by atoms with van der Waals surface area (Å²) in [4.78, 5) is 44.0. The highest BCUT2D eigenvalue weighted by Gasteiger charge is 2.37. The van der Waals surface area contributed by atoms with Crippen LogP contribution in [0.25, 0.3) is 17.0 Å². The third-order valence-corrected chi connectivity index (χ3v) is 6.19. The van der Waals surface area contributed by atoms with E-state index in [2.05, 4.69) is 4.99 Å². The van der Waals surface area contributed by atoms with E-state index < -0.39 is 0 Å². The van der Waals surface area contributed by atoms with Crippen LogP contribution in [0.1, 0.15) is 46.0 Å². The van der Waals surface area contributed by atoms with Gasteiger partial charge in [0.2, 0.25) is 0 Å². The standard InChI is InChI=1S/C27H24N4O4/c1-16(2)30-25(32)21-12-10-18(14-22(21)26(30)33)23-13-11-20(35-23)15-28-24-17(3)29(4)31(27(24)34)19-8-6-5-7-9-19/h5-16H,1-4H3. The molecule has 4 aromatic rings. The molecule has 0 saturated carbocycles. The monoisotopic (exact) mass is 468 g/mol. The summed E-state index contributed by atoms with van der Waals surface area (Å²) >= 11 is 0. The van der Waals surface area contributed by atoms with Gasteiger partial charge in [-0.15, -0.1) is 0 Å². The zero-order valence-electron chi connectivity index (χ0n) is 19.9. The molecule has 0 aliphatic carbocycles. The van der Waals surface area contributed by atoms with Crippen LogP contribution in [-0.2, 0) is 7.05 Å². The zero-order chi connectivity index (χ0) is 24.9. The number of nitrogens with zero attached hydrogens (tertiary/aromatic N) is 4. The predicted octanol–water partition coefficient (Wildman–Crippen LogP) is 4.50. The Morgan fingerprint density at radius 3 is 2.34 bits per heavy atom. The van der Waals surface area contributed by atoms with Crippen LogP contribution in [0.15, 0.2) is 74.9 Å². The highest BCUT2D eigenvalue weighted by molar-refractivity contribution is 6.22. The van der Waals surface area contributed by atoms with E-state index in [4.69, 9.17) is 4.42 Å². The van der Waals surface area contributed by atoms with Gasteiger partial charge in [0.25, 0.3) is 17.4 Å². The SMILES string of the molecule is Cc1c(N=Cc2ccc(-c3ccc4c(c3)C(=O)N(C(C)C)C4=O)o2)c(=O)n(-c2ccccc2)n1C. The Hall–Kier alpha value is -4.46. The van der Waals surface area contributed by atoms with E-state index in [9.17, 15) is 14.4 Å². The van der Waals surface area contributed by atoms with Crippen LogP contribution in [0, 0.1) is 6.92 Å². The van der Waals surface area contributed by atoms with Gasteiger partial charge in [0.15, 0.2) is 5.69 Å². The Labute approximate surface area is 201 Å². The maximum atomic E-state index is 13.0. The Morgan fingerprint density at radius 1 is 0.914 bits per heavy atom. The number of aliphatic imine (C=N–C) groups is 1. The zero-order valence-corrected chi connectivity index (χ0v) is 19.9. The summed E-state index contributed by atoms with van der Waals surface area (Å²) in [6, 6.07) is 17.8. The topological polar surface area (TPSA) is 89.8 Å². The average molecular weight is 469 g/mol. The lowest BCUT2D eigenvalue weighted by atomic mass is 10.0. The summed E-state index contributed by atoms with van der Waals surface area (Å²) in [6.07, 6.45) is 1.51. The van der Waals surface area contributed by atoms with E-state index in [0.717, 1.165) is 11.4 Å². The van der Waals surface area contributed by atoms with Gasteiger partial charge in [0.1, 0.15) is 11.5 Å². The molecule has 2 amide bonds. The van der Waals surface area contributed by atoms with Crippen LogP contribution in [0.3, 0.4) is 0 Å². The van der Waals surface area contributed by atoms with Gasteiger partial charge in [0, 0.05) is 18.7 Å². The number of carbonyl (C=O) groups is 2. The summed E-state index contributed by atoms with van der Waals surface area (Å²) in [6.45, 7) is 5.46. The Balaban J connectivity index is 1.44. The molecule has 1 aliphatic rings. The molecule has 0 unspecified atom stereocenters. The highest BCUT2D eigenvalue weighted by atomic mass is 16.3. The van der Waals surface area contributed by atoms with Gasteiger partial charge in [0.05, 0.1) is 28.7 Å². The Bertz CT molecular complexity index is 1550. The molecule has 0 saturated heterocycles. The number of para-hydroxylation sites is 1. The van der Waals surface area contributed by atoms with Crippen molar-refractivity contribution in [3.05, 3.63) is 93.6 Å². The minimum absolute atomic E-state index is 0.217. The quantitative estimate of drug-likeness (QED) is 0.319. The normalized spacial score (nSPS) is 13.5. The number of carbonyl (C=O) groups excluding carboxylic acids is 2. The lowest BCUT2D eigenvalue weighted by Crippen LogP contribution is -2.35. The number of amides is 2. The minimum atomic E-state index is -0.301. The lowest BCUT2D eigenvalue weighted by molar-refractivity contribution is 0.0609. The fourth-order valence-electron chi connectivity index (χ4n) is 4.29. The van der Waals surface area contributed by atoms with E-state index >= 15 is 0 Å². The number of imide groups is 1. The first-order valence-corrected chi connectivity index (χ1v) is 11.3. The van der Waals surface area contributed by atoms with Crippen molar-refractivity contribution >= 4 is 23.7 Å². The van der Waals surface area contributed by atoms with Crippen LogP contribution in [0.4, 0.5) is 5.69 Å². The van der Waals surface area contributed by atoms with E-state index in [0.29, 0.717) is 33.9 Å². The van der Waals surface area contributed by atoms with Crippen molar-refractivity contribution in [3.63, 3.8) is 0 Å². The molecule has 0 fully saturated rings. The molecular weight excluding hydrogens is 444 g/mol. The molecule has 8 heteroatoms. The van der Waals surface area contributed by atoms with Crippen molar-refractivity contribution in [1.29, 1.82) is 0 Å². The fraction of sp³-hybridized carbons (Fsp3) is 0.185. The van der Waals surface area contributed by atoms with Gasteiger partial charge >= 0.3 is 0 Å². The number of hydrogen-bond acceptors (Lipinski definition) is 5. The maximum absolute atomic E-state index is 13.0. The van der Waals surface area contributed by atoms with Gasteiger partial charge in [-0.3, -0.25) is 24.0 Å². The number of fused-ring (bicyclic) bond motifs is 1. The van der Waals surface area contributed by atoms with E-state index in [1.807, 2.05) is 58.2 Å². The molecule has 2 aromatic heterocycles. The van der Waals surface area contributed by atoms with Gasteiger partial charge in [-0.25, -0.2) is 9.67 Å². The summed E-state index contributed by atoms with van der Waals surface area (Å²) in [7, 11) is 1.81. The second-order valence-electron chi connectivity index (χ2n) is 8.70. The second-order valence-corrected chi connectivity index (χ2v) is 8.70. The van der Waals surface area contributed by atoms with Crippen molar-refractivity contribution in [1.82, 2.24) is 14.3 Å². The lowest BCUT2D eigenvalue weighted by Gasteiger charge is -2.17. The number of aromatic nitrogens is 2. The smallest absolute Gasteiger partial charge is 0.297 e. The predicted molar refractivity (Wildman–Crippen MR) is 133 cm³/mol. The van der Waals surface area contributed by atoms with E-state index in [1.165, 1.54) is 11.1 Å². The third-order valence-electron chi connectivity index (χ3n) is 6.19. The second kappa shape index (κ2) is 8.39. The molecule has 8 nitrogen and oxygen atoms in total. The van der Waals surface area contributed by atoms with Crippen molar-refractivity contribution < 1.29 is 14.0 Å². The van der Waals surface area contributed by atoms with Crippen molar-refractivity contribution in [2.75, 3.05) is 0 Å². The van der Waals surface area contributed by atoms with Gasteiger partial charge < -0.3 is 4.42 Å². The molecule has 0 atom stereocenters. The van der Waals surface area contributed by atoms with Gasteiger partial charge in [-0.05, 0) is 57.2 Å². The van der Waals surface area contributed by atoms with Crippen LogP contribution < -0.4 is 5.56 Å². The molecule has 0 N–H and O–H groups in total. The number of furan rings is 1. The van der Waals surface area contributed by atoms with Crippen molar-refractivity contribution in [3.8, 4) is 17.0 Å². The van der Waals surface area contributed by atoms with E-state index in [1.54, 1.807) is 39.7 Å². The Kier molecular flexibility index (Phi) is 5.36. The van der Waals surface area contributed by atoms with E-state index in [-0.39, 0.29) is 23.4 Å². The first-order valence-electron chi connectivity index (χ1n) is 11.3. The molecule has 0 radical (unpaired) electrons. The van der Waals surface area contributed by atoms with Crippen LogP contribution in [0.2, 0.25) is 0 Å². The average Bonchev–Trinajstić information content (AvgIpc) is 3.48. The van der Waals surface area contributed by atoms with Crippen LogP contribution >= 0.6 is 0 Å². The summed E-state index contributed by atoms with van der Waals surface area (Å²) in [5.74, 6) is 0.409. The molecule has 5 rings (SSSR count). The first-order chi connectivity index (χ1) is 16.8.